The van der Waals surface area contributed by atoms with E-state index < -0.39 is 0 Å². The van der Waals surface area contributed by atoms with E-state index in [1.165, 1.54) is 0 Å². The number of halogens is 1. The molecule has 6 nitrogen and oxygen atoms in total. The van der Waals surface area contributed by atoms with Crippen LogP contribution in [0.3, 0.4) is 0 Å². The van der Waals surface area contributed by atoms with Gasteiger partial charge < -0.3 is 10.1 Å². The molecule has 1 aromatic carbocycles. The highest BCUT2D eigenvalue weighted by Crippen LogP contribution is 2.14. The van der Waals surface area contributed by atoms with Crippen molar-refractivity contribution in [2.24, 2.45) is 0 Å². The summed E-state index contributed by atoms with van der Waals surface area (Å²) in [6.45, 7) is 1.19. The fourth-order valence-corrected chi connectivity index (χ4v) is 2.62. The van der Waals surface area contributed by atoms with Crippen molar-refractivity contribution in [2.75, 3.05) is 20.3 Å². The third-order valence-corrected chi connectivity index (χ3v) is 4.07. The van der Waals surface area contributed by atoms with Crippen molar-refractivity contribution >= 4 is 23.2 Å². The van der Waals surface area contributed by atoms with Crippen LogP contribution in [-0.4, -0.2) is 40.8 Å². The number of hydrogen-bond donors (Lipinski definition) is 1. The summed E-state index contributed by atoms with van der Waals surface area (Å²) in [7, 11) is 1.64. The molecule has 0 spiro atoms. The van der Waals surface area contributed by atoms with Crippen molar-refractivity contribution in [1.29, 1.82) is 0 Å². The number of fused-ring (bicyclic) bond motifs is 1. The van der Waals surface area contributed by atoms with Gasteiger partial charge in [0.2, 0.25) is 0 Å². The smallest absolute Gasteiger partial charge is 0.252 e. The van der Waals surface area contributed by atoms with Gasteiger partial charge in [-0.25, -0.2) is 0 Å². The molecule has 1 amide bonds. The third-order valence-electron chi connectivity index (χ3n) is 3.82. The van der Waals surface area contributed by atoms with E-state index in [2.05, 4.69) is 15.5 Å². The number of pyridine rings is 1. The van der Waals surface area contributed by atoms with Gasteiger partial charge in [-0.2, -0.15) is 0 Å². The van der Waals surface area contributed by atoms with Crippen LogP contribution in [0.5, 0.6) is 0 Å². The maximum Gasteiger partial charge on any atom is 0.252 e. The topological polar surface area (TPSA) is 68.5 Å². The maximum absolute atomic E-state index is 12.3. The molecule has 3 rings (SSSR count). The maximum atomic E-state index is 12.3. The highest BCUT2D eigenvalue weighted by Gasteiger charge is 2.11. The average Bonchev–Trinajstić information content (AvgIpc) is 3.02. The number of methoxy groups -OCH3 is 1. The Labute approximate surface area is 150 Å². The number of nitrogens with zero attached hydrogens (tertiary/aromatic N) is 3. The van der Waals surface area contributed by atoms with E-state index in [-0.39, 0.29) is 5.91 Å². The van der Waals surface area contributed by atoms with Crippen LogP contribution in [0.2, 0.25) is 5.02 Å². The van der Waals surface area contributed by atoms with Crippen molar-refractivity contribution in [1.82, 2.24) is 19.9 Å². The quantitative estimate of drug-likeness (QED) is 0.659. The van der Waals surface area contributed by atoms with E-state index in [1.54, 1.807) is 25.4 Å². The minimum absolute atomic E-state index is 0.121. The Balaban J connectivity index is 1.77. The fourth-order valence-electron chi connectivity index (χ4n) is 2.50. The largest absolute Gasteiger partial charge is 0.385 e. The lowest BCUT2D eigenvalue weighted by Crippen LogP contribution is -2.25. The second-order valence-corrected chi connectivity index (χ2v) is 6.10. The molecule has 25 heavy (non-hydrogen) atoms. The molecule has 1 N–H and O–H groups in total. The van der Waals surface area contributed by atoms with Gasteiger partial charge in [0.25, 0.3) is 5.91 Å². The number of benzene rings is 1. The third kappa shape index (κ3) is 4.35. The number of aromatic nitrogens is 3. The monoisotopic (exact) mass is 358 g/mol. The molecule has 0 saturated carbocycles. The standard InChI is InChI=1S/C18H19ClN4O2/c1-25-10-2-9-20-18(24)14-5-8-16-21-22-17(23(16)12-14)11-13-3-6-15(19)7-4-13/h3-8,12H,2,9-11H2,1H3,(H,20,24). The molecule has 0 aliphatic carbocycles. The van der Waals surface area contributed by atoms with Gasteiger partial charge in [-0.05, 0) is 36.2 Å². The summed E-state index contributed by atoms with van der Waals surface area (Å²) in [6, 6.07) is 11.1. The van der Waals surface area contributed by atoms with E-state index in [4.69, 9.17) is 16.3 Å². The molecule has 0 atom stereocenters. The Morgan fingerprint density at radius 3 is 2.76 bits per heavy atom. The van der Waals surface area contributed by atoms with Gasteiger partial charge in [0.15, 0.2) is 5.65 Å². The number of carbonyl (C=O) groups is 1. The molecular weight excluding hydrogens is 340 g/mol. The molecule has 2 aromatic heterocycles. The first-order valence-electron chi connectivity index (χ1n) is 8.02. The Morgan fingerprint density at radius 1 is 1.20 bits per heavy atom. The van der Waals surface area contributed by atoms with E-state index >= 15 is 0 Å². The first kappa shape index (κ1) is 17.4. The van der Waals surface area contributed by atoms with E-state index in [0.717, 1.165) is 17.8 Å². The van der Waals surface area contributed by atoms with Gasteiger partial charge in [0.1, 0.15) is 5.82 Å². The number of rotatable bonds is 7. The molecule has 0 unspecified atom stereocenters. The Bertz CT molecular complexity index is 861. The Morgan fingerprint density at radius 2 is 2.00 bits per heavy atom. The van der Waals surface area contributed by atoms with E-state index in [1.807, 2.05) is 28.7 Å². The van der Waals surface area contributed by atoms with Crippen molar-refractivity contribution in [3.05, 3.63) is 64.6 Å². The predicted octanol–water partition coefficient (Wildman–Crippen LogP) is 2.74. The van der Waals surface area contributed by atoms with Crippen molar-refractivity contribution in [3.8, 4) is 0 Å². The summed E-state index contributed by atoms with van der Waals surface area (Å²) in [4.78, 5) is 12.3. The summed E-state index contributed by atoms with van der Waals surface area (Å²) in [5.74, 6) is 0.649. The number of hydrogen-bond acceptors (Lipinski definition) is 4. The Hall–Kier alpha value is -2.44. The number of nitrogens with one attached hydrogen (secondary N) is 1. The zero-order valence-corrected chi connectivity index (χ0v) is 14.7. The summed E-state index contributed by atoms with van der Waals surface area (Å²) in [6.07, 6.45) is 3.16. The zero-order chi connectivity index (χ0) is 17.6. The van der Waals surface area contributed by atoms with E-state index in [0.29, 0.717) is 35.8 Å². The summed E-state index contributed by atoms with van der Waals surface area (Å²) in [5, 5.41) is 12.0. The van der Waals surface area contributed by atoms with Crippen LogP contribution in [0.1, 0.15) is 28.2 Å². The Kier molecular flexibility index (Phi) is 5.63. The summed E-state index contributed by atoms with van der Waals surface area (Å²) >= 11 is 5.92. The lowest BCUT2D eigenvalue weighted by molar-refractivity contribution is 0.0948. The number of amides is 1. The zero-order valence-electron chi connectivity index (χ0n) is 13.9. The van der Waals surface area contributed by atoms with Crippen LogP contribution in [-0.2, 0) is 11.2 Å². The molecule has 0 aliphatic heterocycles. The molecule has 0 fully saturated rings. The van der Waals surface area contributed by atoms with E-state index in [9.17, 15) is 4.79 Å². The molecule has 7 heteroatoms. The second kappa shape index (κ2) is 8.09. The van der Waals surface area contributed by atoms with Crippen LogP contribution >= 0.6 is 11.6 Å². The minimum atomic E-state index is -0.121. The fraction of sp³-hybridized carbons (Fsp3) is 0.278. The first-order chi connectivity index (χ1) is 12.2. The summed E-state index contributed by atoms with van der Waals surface area (Å²) < 4.78 is 6.82. The van der Waals surface area contributed by atoms with Crippen molar-refractivity contribution < 1.29 is 9.53 Å². The number of carbonyl (C=O) groups excluding carboxylic acids is 1. The minimum Gasteiger partial charge on any atom is -0.385 e. The molecule has 2 heterocycles. The van der Waals surface area contributed by atoms with Crippen LogP contribution in [0.15, 0.2) is 42.6 Å². The van der Waals surface area contributed by atoms with Gasteiger partial charge in [-0.3, -0.25) is 9.20 Å². The summed E-state index contributed by atoms with van der Waals surface area (Å²) in [5.41, 5.74) is 2.36. The predicted molar refractivity (Wildman–Crippen MR) is 96.1 cm³/mol. The second-order valence-electron chi connectivity index (χ2n) is 5.67. The highest BCUT2D eigenvalue weighted by atomic mass is 35.5. The van der Waals surface area contributed by atoms with Gasteiger partial charge in [-0.1, -0.05) is 23.7 Å². The SMILES string of the molecule is COCCCNC(=O)c1ccc2nnc(Cc3ccc(Cl)cc3)n2c1. The number of ether oxygens (including phenoxy) is 1. The van der Waals surface area contributed by atoms with Crippen LogP contribution < -0.4 is 5.32 Å². The first-order valence-corrected chi connectivity index (χ1v) is 8.40. The lowest BCUT2D eigenvalue weighted by Gasteiger charge is -2.06. The lowest BCUT2D eigenvalue weighted by atomic mass is 10.1. The highest BCUT2D eigenvalue weighted by molar-refractivity contribution is 6.30. The van der Waals surface area contributed by atoms with Gasteiger partial charge in [0, 0.05) is 37.9 Å². The van der Waals surface area contributed by atoms with Crippen molar-refractivity contribution in [3.63, 3.8) is 0 Å². The van der Waals surface area contributed by atoms with Crippen LogP contribution in [0.4, 0.5) is 0 Å². The van der Waals surface area contributed by atoms with Gasteiger partial charge in [0.05, 0.1) is 5.56 Å². The molecule has 130 valence electrons. The molecule has 0 bridgehead atoms. The van der Waals surface area contributed by atoms with Crippen LogP contribution in [0.25, 0.3) is 5.65 Å². The molecular formula is C18H19ClN4O2. The van der Waals surface area contributed by atoms with Gasteiger partial charge in [-0.15, -0.1) is 10.2 Å². The molecule has 3 aromatic rings. The van der Waals surface area contributed by atoms with Gasteiger partial charge >= 0.3 is 0 Å². The normalized spacial score (nSPS) is 11.0. The van der Waals surface area contributed by atoms with Crippen molar-refractivity contribution in [2.45, 2.75) is 12.8 Å². The average molecular weight is 359 g/mol. The molecule has 0 radical (unpaired) electrons. The van der Waals surface area contributed by atoms with Crippen LogP contribution in [0, 0.1) is 0 Å². The molecule has 0 saturated heterocycles. The molecule has 0 aliphatic rings.